The van der Waals surface area contributed by atoms with Gasteiger partial charge in [-0.05, 0) is 50.9 Å². The van der Waals surface area contributed by atoms with Gasteiger partial charge in [0.25, 0.3) is 5.89 Å². The largest absolute Gasteiger partial charge is 0.334 e. The van der Waals surface area contributed by atoms with E-state index < -0.39 is 0 Å². The maximum atomic E-state index is 5.35. The molecule has 1 fully saturated rings. The third kappa shape index (κ3) is 2.81. The van der Waals surface area contributed by atoms with Gasteiger partial charge < -0.3 is 9.84 Å². The van der Waals surface area contributed by atoms with Crippen LogP contribution in [0.5, 0.6) is 0 Å². The van der Waals surface area contributed by atoms with E-state index in [0.717, 1.165) is 36.6 Å². The van der Waals surface area contributed by atoms with Crippen LogP contribution in [-0.4, -0.2) is 28.2 Å². The molecule has 1 saturated heterocycles. The van der Waals surface area contributed by atoms with Crippen molar-refractivity contribution in [2.45, 2.75) is 26.2 Å². The Morgan fingerprint density at radius 2 is 2.42 bits per heavy atom. The van der Waals surface area contributed by atoms with Crippen LogP contribution in [0.25, 0.3) is 11.5 Å². The van der Waals surface area contributed by atoms with Crippen LogP contribution in [0.3, 0.4) is 0 Å². The molecule has 3 heterocycles. The van der Waals surface area contributed by atoms with Gasteiger partial charge in [-0.25, -0.2) is 0 Å². The van der Waals surface area contributed by atoms with Crippen LogP contribution in [0.4, 0.5) is 0 Å². The second-order valence-corrected chi connectivity index (χ2v) is 5.07. The van der Waals surface area contributed by atoms with E-state index in [4.69, 9.17) is 4.52 Å². The summed E-state index contributed by atoms with van der Waals surface area (Å²) in [6.45, 7) is 4.13. The van der Waals surface area contributed by atoms with Crippen LogP contribution in [0, 0.1) is 12.8 Å². The van der Waals surface area contributed by atoms with Crippen LogP contribution in [0.1, 0.15) is 24.4 Å². The SMILES string of the molecule is Cc1ncccc1-c1nc(CC2CCCNC2)no1. The van der Waals surface area contributed by atoms with Crippen LogP contribution in [0.15, 0.2) is 22.9 Å². The first-order valence-electron chi connectivity index (χ1n) is 6.78. The maximum absolute atomic E-state index is 5.35. The van der Waals surface area contributed by atoms with Gasteiger partial charge in [-0.3, -0.25) is 4.98 Å². The van der Waals surface area contributed by atoms with Crippen LogP contribution in [-0.2, 0) is 6.42 Å². The van der Waals surface area contributed by atoms with Crippen molar-refractivity contribution in [1.29, 1.82) is 0 Å². The van der Waals surface area contributed by atoms with E-state index in [0.29, 0.717) is 11.8 Å². The van der Waals surface area contributed by atoms with Gasteiger partial charge in [0.1, 0.15) is 0 Å². The molecule has 2 aromatic heterocycles. The average Bonchev–Trinajstić information content (AvgIpc) is 2.89. The van der Waals surface area contributed by atoms with E-state index in [1.165, 1.54) is 12.8 Å². The zero-order valence-corrected chi connectivity index (χ0v) is 11.1. The molecule has 0 bridgehead atoms. The highest BCUT2D eigenvalue weighted by atomic mass is 16.5. The number of hydrogen-bond donors (Lipinski definition) is 1. The summed E-state index contributed by atoms with van der Waals surface area (Å²) in [4.78, 5) is 8.73. The quantitative estimate of drug-likeness (QED) is 0.912. The molecule has 0 amide bonds. The third-order valence-electron chi connectivity index (χ3n) is 3.58. The maximum Gasteiger partial charge on any atom is 0.259 e. The van der Waals surface area contributed by atoms with E-state index in [2.05, 4.69) is 20.4 Å². The Kier molecular flexibility index (Phi) is 3.55. The molecule has 5 heteroatoms. The zero-order valence-electron chi connectivity index (χ0n) is 11.1. The first-order chi connectivity index (χ1) is 9.33. The molecule has 0 spiro atoms. The van der Waals surface area contributed by atoms with E-state index in [1.807, 2.05) is 19.1 Å². The summed E-state index contributed by atoms with van der Waals surface area (Å²) in [5.41, 5.74) is 1.83. The number of nitrogens with zero attached hydrogens (tertiary/aromatic N) is 3. The third-order valence-corrected chi connectivity index (χ3v) is 3.58. The van der Waals surface area contributed by atoms with Gasteiger partial charge in [0.2, 0.25) is 0 Å². The zero-order chi connectivity index (χ0) is 13.1. The molecule has 1 aliphatic heterocycles. The number of piperidine rings is 1. The van der Waals surface area contributed by atoms with E-state index in [-0.39, 0.29) is 0 Å². The van der Waals surface area contributed by atoms with E-state index in [1.54, 1.807) is 6.20 Å². The minimum absolute atomic E-state index is 0.573. The Morgan fingerprint density at radius 3 is 3.21 bits per heavy atom. The van der Waals surface area contributed by atoms with Gasteiger partial charge in [0.15, 0.2) is 5.82 Å². The lowest BCUT2D eigenvalue weighted by atomic mass is 9.96. The molecule has 100 valence electrons. The molecule has 1 atom stereocenters. The molecule has 0 aromatic carbocycles. The van der Waals surface area contributed by atoms with E-state index >= 15 is 0 Å². The molecule has 5 nitrogen and oxygen atoms in total. The predicted octanol–water partition coefficient (Wildman–Crippen LogP) is 1.98. The standard InChI is InChI=1S/C14H18N4O/c1-10-12(5-3-7-16-10)14-17-13(18-19-14)8-11-4-2-6-15-9-11/h3,5,7,11,15H,2,4,6,8-9H2,1H3. The number of nitrogens with one attached hydrogen (secondary N) is 1. The second kappa shape index (κ2) is 5.48. The normalized spacial score (nSPS) is 19.5. The molecule has 0 radical (unpaired) electrons. The Labute approximate surface area is 112 Å². The minimum Gasteiger partial charge on any atom is -0.334 e. The van der Waals surface area contributed by atoms with E-state index in [9.17, 15) is 0 Å². The van der Waals surface area contributed by atoms with Gasteiger partial charge in [-0.1, -0.05) is 5.16 Å². The number of aromatic nitrogens is 3. The summed E-state index contributed by atoms with van der Waals surface area (Å²) in [6, 6.07) is 3.85. The van der Waals surface area contributed by atoms with Crippen molar-refractivity contribution >= 4 is 0 Å². The first-order valence-corrected chi connectivity index (χ1v) is 6.78. The fourth-order valence-corrected chi connectivity index (χ4v) is 2.51. The summed E-state index contributed by atoms with van der Waals surface area (Å²) in [5.74, 6) is 1.99. The monoisotopic (exact) mass is 258 g/mol. The van der Waals surface area contributed by atoms with Gasteiger partial charge in [-0.2, -0.15) is 4.98 Å². The van der Waals surface area contributed by atoms with Crippen LogP contribution in [0.2, 0.25) is 0 Å². The van der Waals surface area contributed by atoms with Crippen molar-refractivity contribution in [3.8, 4) is 11.5 Å². The van der Waals surface area contributed by atoms with Crippen molar-refractivity contribution in [2.24, 2.45) is 5.92 Å². The molecule has 0 saturated carbocycles. The lowest BCUT2D eigenvalue weighted by Gasteiger charge is -2.20. The van der Waals surface area contributed by atoms with Crippen LogP contribution >= 0.6 is 0 Å². The Hall–Kier alpha value is -1.75. The molecule has 0 aliphatic carbocycles. The average molecular weight is 258 g/mol. The highest BCUT2D eigenvalue weighted by Gasteiger charge is 2.18. The smallest absolute Gasteiger partial charge is 0.259 e. The molecule has 1 aliphatic rings. The lowest BCUT2D eigenvalue weighted by molar-refractivity contribution is 0.360. The molecule has 2 aromatic rings. The van der Waals surface area contributed by atoms with Gasteiger partial charge in [0, 0.05) is 18.3 Å². The number of rotatable bonds is 3. The molecular formula is C14H18N4O. The van der Waals surface area contributed by atoms with Crippen molar-refractivity contribution in [2.75, 3.05) is 13.1 Å². The highest BCUT2D eigenvalue weighted by Crippen LogP contribution is 2.21. The van der Waals surface area contributed by atoms with Gasteiger partial charge in [-0.15, -0.1) is 0 Å². The second-order valence-electron chi connectivity index (χ2n) is 5.07. The summed E-state index contributed by atoms with van der Waals surface area (Å²) >= 11 is 0. The molecular weight excluding hydrogens is 240 g/mol. The van der Waals surface area contributed by atoms with Crippen molar-refractivity contribution in [1.82, 2.24) is 20.4 Å². The van der Waals surface area contributed by atoms with Gasteiger partial charge in [0.05, 0.1) is 5.56 Å². The number of pyridine rings is 1. The summed E-state index contributed by atoms with van der Waals surface area (Å²) in [6.07, 6.45) is 5.12. The molecule has 3 rings (SSSR count). The molecule has 1 N–H and O–H groups in total. The minimum atomic E-state index is 0.573. The van der Waals surface area contributed by atoms with Gasteiger partial charge >= 0.3 is 0 Å². The Balaban J connectivity index is 1.74. The summed E-state index contributed by atoms with van der Waals surface area (Å²) in [7, 11) is 0. The summed E-state index contributed by atoms with van der Waals surface area (Å²) in [5, 5.41) is 7.49. The summed E-state index contributed by atoms with van der Waals surface area (Å²) < 4.78 is 5.35. The highest BCUT2D eigenvalue weighted by molar-refractivity contribution is 5.55. The first kappa shape index (κ1) is 12.3. The molecule has 19 heavy (non-hydrogen) atoms. The van der Waals surface area contributed by atoms with Crippen molar-refractivity contribution < 1.29 is 4.52 Å². The fraction of sp³-hybridized carbons (Fsp3) is 0.500. The Morgan fingerprint density at radius 1 is 1.47 bits per heavy atom. The van der Waals surface area contributed by atoms with Crippen molar-refractivity contribution in [3.63, 3.8) is 0 Å². The van der Waals surface area contributed by atoms with Crippen LogP contribution < -0.4 is 5.32 Å². The number of aryl methyl sites for hydroxylation is 1. The predicted molar refractivity (Wildman–Crippen MR) is 71.6 cm³/mol. The lowest BCUT2D eigenvalue weighted by Crippen LogP contribution is -2.31. The van der Waals surface area contributed by atoms with Crippen molar-refractivity contribution in [3.05, 3.63) is 29.8 Å². The fourth-order valence-electron chi connectivity index (χ4n) is 2.51. The topological polar surface area (TPSA) is 63.8 Å². The number of hydrogen-bond acceptors (Lipinski definition) is 5. The Bertz CT molecular complexity index is 546. The molecule has 1 unspecified atom stereocenters.